The number of nitrogens with two attached hydrogens (primary N) is 1. The molecule has 1 aliphatic rings. The summed E-state index contributed by atoms with van der Waals surface area (Å²) in [6.07, 6.45) is 5.40. The van der Waals surface area contributed by atoms with Crippen LogP contribution in [-0.4, -0.2) is 6.04 Å². The monoisotopic (exact) mass is 223 g/mol. The average molecular weight is 223 g/mol. The second kappa shape index (κ2) is 4.74. The molecule has 0 spiro atoms. The maximum Gasteiger partial charge on any atom is 0.162 e. The van der Waals surface area contributed by atoms with Gasteiger partial charge < -0.3 is 5.73 Å². The van der Waals surface area contributed by atoms with Crippen molar-refractivity contribution in [1.82, 2.24) is 0 Å². The first-order chi connectivity index (χ1) is 7.66. The predicted octanol–water partition coefficient (Wildman–Crippen LogP) is 2.94. The zero-order valence-electron chi connectivity index (χ0n) is 9.05. The number of benzene rings is 1. The third-order valence-electron chi connectivity index (χ3n) is 2.93. The Kier molecular flexibility index (Phi) is 3.34. The normalized spacial score (nSPS) is 20.7. The van der Waals surface area contributed by atoms with Gasteiger partial charge in [0.2, 0.25) is 0 Å². The Labute approximate surface area is 94.0 Å². The molecule has 0 aliphatic heterocycles. The van der Waals surface area contributed by atoms with Gasteiger partial charge in [-0.3, -0.25) is 0 Å². The van der Waals surface area contributed by atoms with Gasteiger partial charge in [0.15, 0.2) is 11.6 Å². The molecule has 3 heteroatoms. The highest BCUT2D eigenvalue weighted by atomic mass is 19.2. The van der Waals surface area contributed by atoms with Crippen LogP contribution < -0.4 is 5.73 Å². The van der Waals surface area contributed by atoms with E-state index in [0.29, 0.717) is 12.0 Å². The third-order valence-corrected chi connectivity index (χ3v) is 2.93. The molecule has 0 fully saturated rings. The van der Waals surface area contributed by atoms with E-state index in [2.05, 4.69) is 0 Å². The lowest BCUT2D eigenvalue weighted by atomic mass is 9.92. The summed E-state index contributed by atoms with van der Waals surface area (Å²) in [7, 11) is 0. The molecule has 0 radical (unpaired) electrons. The maximum atomic E-state index is 13.4. The summed E-state index contributed by atoms with van der Waals surface area (Å²) in [5, 5.41) is 0. The van der Waals surface area contributed by atoms with Crippen LogP contribution in [0.3, 0.4) is 0 Å². The zero-order chi connectivity index (χ0) is 11.5. The van der Waals surface area contributed by atoms with E-state index in [1.165, 1.54) is 6.07 Å². The fourth-order valence-corrected chi connectivity index (χ4v) is 2.11. The van der Waals surface area contributed by atoms with Gasteiger partial charge in [0.25, 0.3) is 0 Å². The molecule has 16 heavy (non-hydrogen) atoms. The van der Waals surface area contributed by atoms with Gasteiger partial charge in [0, 0.05) is 6.04 Å². The Morgan fingerprint density at radius 3 is 2.88 bits per heavy atom. The van der Waals surface area contributed by atoms with Gasteiger partial charge in [-0.25, -0.2) is 8.78 Å². The Morgan fingerprint density at radius 1 is 1.31 bits per heavy atom. The van der Waals surface area contributed by atoms with Crippen LogP contribution in [0, 0.1) is 11.6 Å². The van der Waals surface area contributed by atoms with Crippen molar-refractivity contribution in [3.05, 3.63) is 47.0 Å². The Balaban J connectivity index is 2.17. The molecule has 1 nitrogen and oxygen atoms in total. The van der Waals surface area contributed by atoms with E-state index in [-0.39, 0.29) is 6.04 Å². The van der Waals surface area contributed by atoms with Gasteiger partial charge in [0.1, 0.15) is 0 Å². The van der Waals surface area contributed by atoms with Crippen molar-refractivity contribution in [2.45, 2.75) is 31.7 Å². The van der Waals surface area contributed by atoms with Crippen molar-refractivity contribution in [3.63, 3.8) is 0 Å². The largest absolute Gasteiger partial charge is 0.324 e. The van der Waals surface area contributed by atoms with Gasteiger partial charge in [-0.15, -0.1) is 0 Å². The second-order valence-electron chi connectivity index (χ2n) is 4.27. The van der Waals surface area contributed by atoms with Crippen LogP contribution in [0.15, 0.2) is 29.8 Å². The summed E-state index contributed by atoms with van der Waals surface area (Å²) in [6.45, 7) is 0. The topological polar surface area (TPSA) is 26.0 Å². The molecule has 1 unspecified atom stereocenters. The highest BCUT2D eigenvalue weighted by Crippen LogP contribution is 2.22. The molecule has 86 valence electrons. The highest BCUT2D eigenvalue weighted by molar-refractivity contribution is 5.26. The molecule has 0 aromatic heterocycles. The zero-order valence-corrected chi connectivity index (χ0v) is 9.05. The fraction of sp³-hybridized carbons (Fsp3) is 0.385. The number of halogens is 2. The molecular weight excluding hydrogens is 208 g/mol. The van der Waals surface area contributed by atoms with E-state index >= 15 is 0 Å². The molecule has 1 aliphatic carbocycles. The van der Waals surface area contributed by atoms with Crippen molar-refractivity contribution < 1.29 is 8.78 Å². The van der Waals surface area contributed by atoms with E-state index in [0.717, 1.165) is 30.9 Å². The van der Waals surface area contributed by atoms with E-state index in [9.17, 15) is 8.78 Å². The summed E-state index contributed by atoms with van der Waals surface area (Å²) in [5.41, 5.74) is 7.33. The highest BCUT2D eigenvalue weighted by Gasteiger charge is 2.13. The molecular formula is C13H15F2N. The smallest absolute Gasteiger partial charge is 0.162 e. The summed E-state index contributed by atoms with van der Waals surface area (Å²) >= 11 is 0. The van der Waals surface area contributed by atoms with E-state index < -0.39 is 11.6 Å². The minimum atomic E-state index is -0.779. The number of allylic oxidation sites excluding steroid dienone is 1. The Morgan fingerprint density at radius 2 is 2.12 bits per heavy atom. The second-order valence-corrected chi connectivity index (χ2v) is 4.27. The van der Waals surface area contributed by atoms with Crippen LogP contribution in [0.2, 0.25) is 0 Å². The Bertz CT molecular complexity index is 412. The van der Waals surface area contributed by atoms with Crippen LogP contribution >= 0.6 is 0 Å². The molecule has 0 amide bonds. The van der Waals surface area contributed by atoms with E-state index in [4.69, 9.17) is 5.73 Å². The van der Waals surface area contributed by atoms with Crippen LogP contribution in [0.5, 0.6) is 0 Å². The standard InChI is InChI=1S/C13H15F2N/c14-12-6-2-4-10(13(12)15)7-9-3-1-5-11(16)8-9/h2,4,6,8,11H,1,3,5,7,16H2. The molecule has 0 heterocycles. The lowest BCUT2D eigenvalue weighted by molar-refractivity contribution is 0.499. The van der Waals surface area contributed by atoms with Gasteiger partial charge in [0.05, 0.1) is 0 Å². The molecule has 0 saturated carbocycles. The number of hydrogen-bond acceptors (Lipinski definition) is 1. The molecule has 2 N–H and O–H groups in total. The van der Waals surface area contributed by atoms with Gasteiger partial charge in [-0.2, -0.15) is 0 Å². The Hall–Kier alpha value is -1.22. The molecule has 2 rings (SSSR count). The minimum absolute atomic E-state index is 0.0698. The van der Waals surface area contributed by atoms with Crippen molar-refractivity contribution in [3.8, 4) is 0 Å². The van der Waals surface area contributed by atoms with Crippen molar-refractivity contribution in [2.75, 3.05) is 0 Å². The molecule has 0 bridgehead atoms. The van der Waals surface area contributed by atoms with Crippen molar-refractivity contribution in [2.24, 2.45) is 5.73 Å². The maximum absolute atomic E-state index is 13.4. The number of rotatable bonds is 2. The predicted molar refractivity (Wildman–Crippen MR) is 60.0 cm³/mol. The van der Waals surface area contributed by atoms with E-state index in [1.54, 1.807) is 6.07 Å². The molecule has 0 saturated heterocycles. The van der Waals surface area contributed by atoms with Gasteiger partial charge in [-0.1, -0.05) is 23.8 Å². The lowest BCUT2D eigenvalue weighted by Gasteiger charge is -2.18. The molecule has 1 aromatic carbocycles. The third kappa shape index (κ3) is 2.47. The van der Waals surface area contributed by atoms with Crippen molar-refractivity contribution in [1.29, 1.82) is 0 Å². The van der Waals surface area contributed by atoms with E-state index in [1.807, 2.05) is 6.08 Å². The first-order valence-corrected chi connectivity index (χ1v) is 5.55. The van der Waals surface area contributed by atoms with Gasteiger partial charge in [-0.05, 0) is 37.3 Å². The lowest BCUT2D eigenvalue weighted by Crippen LogP contribution is -2.21. The molecule has 1 aromatic rings. The van der Waals surface area contributed by atoms with Crippen LogP contribution in [0.4, 0.5) is 8.78 Å². The first-order valence-electron chi connectivity index (χ1n) is 5.55. The SMILES string of the molecule is NC1C=C(Cc2cccc(F)c2F)CCC1. The fourth-order valence-electron chi connectivity index (χ4n) is 2.11. The van der Waals surface area contributed by atoms with Crippen molar-refractivity contribution >= 4 is 0 Å². The van der Waals surface area contributed by atoms with Crippen LogP contribution in [0.25, 0.3) is 0 Å². The van der Waals surface area contributed by atoms with Crippen LogP contribution in [-0.2, 0) is 6.42 Å². The first kappa shape index (κ1) is 11.3. The quantitative estimate of drug-likeness (QED) is 0.766. The molecule has 1 atom stereocenters. The minimum Gasteiger partial charge on any atom is -0.324 e. The number of hydrogen-bond donors (Lipinski definition) is 1. The summed E-state index contributed by atoms with van der Waals surface area (Å²) in [6, 6.07) is 4.37. The average Bonchev–Trinajstić information content (AvgIpc) is 2.25. The summed E-state index contributed by atoms with van der Waals surface area (Å²) < 4.78 is 26.4. The van der Waals surface area contributed by atoms with Gasteiger partial charge >= 0.3 is 0 Å². The van der Waals surface area contributed by atoms with Crippen LogP contribution in [0.1, 0.15) is 24.8 Å². The summed E-state index contributed by atoms with van der Waals surface area (Å²) in [4.78, 5) is 0. The summed E-state index contributed by atoms with van der Waals surface area (Å²) in [5.74, 6) is -1.51.